The molecule has 3 rings (SSSR count). The lowest BCUT2D eigenvalue weighted by Crippen LogP contribution is -2.44. The van der Waals surface area contributed by atoms with Crippen LogP contribution >= 0.6 is 0 Å². The molecule has 2 saturated carbocycles. The molecule has 0 radical (unpaired) electrons. The van der Waals surface area contributed by atoms with Gasteiger partial charge in [-0.25, -0.2) is 22.9 Å². The molecule has 128 valence electrons. The summed E-state index contributed by atoms with van der Waals surface area (Å²) in [5, 5.41) is 0. The van der Waals surface area contributed by atoms with Gasteiger partial charge in [0, 0.05) is 18.9 Å². The van der Waals surface area contributed by atoms with E-state index in [-0.39, 0.29) is 25.2 Å². The molecule has 2 aliphatic rings. The molecule has 2 fully saturated rings. The molecule has 4 nitrogen and oxygen atoms in total. The van der Waals surface area contributed by atoms with Crippen molar-refractivity contribution in [3.63, 3.8) is 0 Å². The molecule has 23 heavy (non-hydrogen) atoms. The number of halogens is 3. The summed E-state index contributed by atoms with van der Waals surface area (Å²) in [5.74, 6) is -2.22. The van der Waals surface area contributed by atoms with Crippen LogP contribution in [0.15, 0.2) is 18.2 Å². The minimum atomic E-state index is -0.929. The first kappa shape index (κ1) is 16.7. The monoisotopic (exact) mass is 332 g/mol. The minimum absolute atomic E-state index is 0.0696. The SMILES string of the molecule is COCOOC1(C)C2C(F)[C@@H]2C[C@@H]1OCc1ccc(F)c(F)c1. The Bertz CT molecular complexity index is 570. The number of fused-ring (bicyclic) bond motifs is 1. The number of benzene rings is 1. The molecule has 0 aromatic heterocycles. The molecule has 5 atom stereocenters. The lowest BCUT2D eigenvalue weighted by Gasteiger charge is -2.32. The topological polar surface area (TPSA) is 36.9 Å². The van der Waals surface area contributed by atoms with Gasteiger partial charge in [0.1, 0.15) is 11.8 Å². The third-order valence-corrected chi connectivity index (χ3v) is 4.70. The Morgan fingerprint density at radius 2 is 2.04 bits per heavy atom. The molecule has 0 saturated heterocycles. The number of hydrogen-bond acceptors (Lipinski definition) is 4. The van der Waals surface area contributed by atoms with Crippen molar-refractivity contribution in [2.24, 2.45) is 11.8 Å². The molecule has 3 unspecified atom stereocenters. The Morgan fingerprint density at radius 1 is 1.26 bits per heavy atom. The lowest BCUT2D eigenvalue weighted by atomic mass is 9.97. The highest BCUT2D eigenvalue weighted by molar-refractivity contribution is 5.19. The van der Waals surface area contributed by atoms with Crippen LogP contribution in [0.4, 0.5) is 13.2 Å². The Hall–Kier alpha value is -1.15. The van der Waals surface area contributed by atoms with Gasteiger partial charge in [0.15, 0.2) is 18.4 Å². The highest BCUT2D eigenvalue weighted by Gasteiger charge is 2.71. The molecule has 0 amide bonds. The van der Waals surface area contributed by atoms with Gasteiger partial charge in [-0.05, 0) is 31.0 Å². The van der Waals surface area contributed by atoms with Gasteiger partial charge in [-0.3, -0.25) is 0 Å². The van der Waals surface area contributed by atoms with Crippen molar-refractivity contribution in [1.29, 1.82) is 0 Å². The molecular formula is C16H19F3O4. The maximum absolute atomic E-state index is 13.7. The zero-order chi connectivity index (χ0) is 16.6. The van der Waals surface area contributed by atoms with Crippen LogP contribution in [0.1, 0.15) is 18.9 Å². The summed E-state index contributed by atoms with van der Waals surface area (Å²) in [7, 11) is 1.45. The second kappa shape index (κ2) is 6.39. The number of methoxy groups -OCH3 is 1. The normalized spacial score (nSPS) is 35.3. The van der Waals surface area contributed by atoms with E-state index in [1.807, 2.05) is 0 Å². The van der Waals surface area contributed by atoms with Crippen LogP contribution in [-0.2, 0) is 25.9 Å². The molecule has 7 heteroatoms. The highest BCUT2D eigenvalue weighted by Crippen LogP contribution is 2.61. The predicted octanol–water partition coefficient (Wildman–Crippen LogP) is 3.15. The number of hydrogen-bond donors (Lipinski definition) is 0. The van der Waals surface area contributed by atoms with Crippen LogP contribution in [0.2, 0.25) is 0 Å². The molecule has 0 spiro atoms. The third kappa shape index (κ3) is 3.10. The van der Waals surface area contributed by atoms with Crippen molar-refractivity contribution >= 4 is 0 Å². The van der Waals surface area contributed by atoms with Crippen molar-refractivity contribution in [1.82, 2.24) is 0 Å². The summed E-state index contributed by atoms with van der Waals surface area (Å²) in [6.45, 7) is 1.75. The fourth-order valence-electron chi connectivity index (χ4n) is 3.41. The molecule has 0 heterocycles. The summed E-state index contributed by atoms with van der Waals surface area (Å²) < 4.78 is 50.4. The summed E-state index contributed by atoms with van der Waals surface area (Å²) in [5.41, 5.74) is -0.428. The summed E-state index contributed by atoms with van der Waals surface area (Å²) in [4.78, 5) is 10.3. The number of alkyl halides is 1. The van der Waals surface area contributed by atoms with E-state index < -0.39 is 29.5 Å². The lowest BCUT2D eigenvalue weighted by molar-refractivity contribution is -0.403. The van der Waals surface area contributed by atoms with Crippen molar-refractivity contribution in [2.75, 3.05) is 13.9 Å². The third-order valence-electron chi connectivity index (χ3n) is 4.70. The Morgan fingerprint density at radius 3 is 2.74 bits per heavy atom. The fourth-order valence-corrected chi connectivity index (χ4v) is 3.41. The van der Waals surface area contributed by atoms with E-state index in [4.69, 9.17) is 19.2 Å². The van der Waals surface area contributed by atoms with Gasteiger partial charge in [-0.1, -0.05) is 6.07 Å². The minimum Gasteiger partial charge on any atom is -0.370 e. The molecule has 0 aliphatic heterocycles. The van der Waals surface area contributed by atoms with Crippen LogP contribution in [-0.4, -0.2) is 31.8 Å². The van der Waals surface area contributed by atoms with Gasteiger partial charge in [-0.15, -0.1) is 0 Å². The molecular weight excluding hydrogens is 313 g/mol. The van der Waals surface area contributed by atoms with Gasteiger partial charge in [0.2, 0.25) is 0 Å². The van der Waals surface area contributed by atoms with Crippen molar-refractivity contribution in [3.8, 4) is 0 Å². The van der Waals surface area contributed by atoms with Gasteiger partial charge < -0.3 is 9.47 Å². The van der Waals surface area contributed by atoms with Gasteiger partial charge >= 0.3 is 0 Å². The largest absolute Gasteiger partial charge is 0.370 e. The first-order valence-corrected chi connectivity index (χ1v) is 7.46. The van der Waals surface area contributed by atoms with Gasteiger partial charge in [-0.2, -0.15) is 0 Å². The molecule has 2 aliphatic carbocycles. The zero-order valence-electron chi connectivity index (χ0n) is 12.9. The highest BCUT2D eigenvalue weighted by atomic mass is 19.2. The van der Waals surface area contributed by atoms with Crippen LogP contribution < -0.4 is 0 Å². The second-order valence-electron chi connectivity index (χ2n) is 6.21. The molecule has 0 N–H and O–H groups in total. The van der Waals surface area contributed by atoms with Crippen LogP contribution in [0.25, 0.3) is 0 Å². The van der Waals surface area contributed by atoms with Crippen LogP contribution in [0, 0.1) is 23.5 Å². The molecule has 1 aromatic carbocycles. The van der Waals surface area contributed by atoms with E-state index in [1.165, 1.54) is 13.2 Å². The van der Waals surface area contributed by atoms with Crippen molar-refractivity contribution in [3.05, 3.63) is 35.4 Å². The average molecular weight is 332 g/mol. The summed E-state index contributed by atoms with van der Waals surface area (Å²) in [6.07, 6.45) is -0.814. The molecule has 1 aromatic rings. The Balaban J connectivity index is 1.63. The number of rotatable bonds is 7. The number of ether oxygens (including phenoxy) is 2. The van der Waals surface area contributed by atoms with Gasteiger partial charge in [0.25, 0.3) is 0 Å². The van der Waals surface area contributed by atoms with Crippen molar-refractivity contribution in [2.45, 2.75) is 37.8 Å². The van der Waals surface area contributed by atoms with Crippen LogP contribution in [0.5, 0.6) is 0 Å². The van der Waals surface area contributed by atoms with E-state index in [2.05, 4.69) is 0 Å². The smallest absolute Gasteiger partial charge is 0.180 e. The summed E-state index contributed by atoms with van der Waals surface area (Å²) in [6, 6.07) is 3.59. The first-order chi connectivity index (χ1) is 11.0. The quantitative estimate of drug-likeness (QED) is 0.333. The molecule has 0 bridgehead atoms. The maximum atomic E-state index is 13.7. The van der Waals surface area contributed by atoms with E-state index in [0.717, 1.165) is 12.1 Å². The van der Waals surface area contributed by atoms with E-state index >= 15 is 0 Å². The standard InChI is InChI=1S/C16H19F3O4/c1-16(23-22-8-20-2)13(6-10-14(16)15(10)19)21-7-9-3-4-11(17)12(18)5-9/h3-5,10,13-15H,6-8H2,1-2H3/t10-,13+,14?,15?,16?/m1/s1. The van der Waals surface area contributed by atoms with E-state index in [9.17, 15) is 13.2 Å². The van der Waals surface area contributed by atoms with Gasteiger partial charge in [0.05, 0.1) is 12.7 Å². The summed E-state index contributed by atoms with van der Waals surface area (Å²) >= 11 is 0. The van der Waals surface area contributed by atoms with E-state index in [1.54, 1.807) is 6.92 Å². The average Bonchev–Trinajstić information content (AvgIpc) is 3.06. The zero-order valence-corrected chi connectivity index (χ0v) is 12.9. The Kier molecular flexibility index (Phi) is 4.64. The fraction of sp³-hybridized carbons (Fsp3) is 0.625. The predicted molar refractivity (Wildman–Crippen MR) is 73.9 cm³/mol. The Labute approximate surface area is 132 Å². The van der Waals surface area contributed by atoms with Crippen molar-refractivity contribution < 1.29 is 32.4 Å². The first-order valence-electron chi connectivity index (χ1n) is 7.46. The second-order valence-corrected chi connectivity index (χ2v) is 6.21. The van der Waals surface area contributed by atoms with E-state index in [0.29, 0.717) is 12.0 Å². The van der Waals surface area contributed by atoms with Crippen LogP contribution in [0.3, 0.4) is 0 Å². The maximum Gasteiger partial charge on any atom is 0.180 e.